The van der Waals surface area contributed by atoms with Gasteiger partial charge in [-0.15, -0.1) is 0 Å². The smallest absolute Gasteiger partial charge is 0.253 e. The molecule has 0 spiro atoms. The number of amides is 1. The predicted octanol–water partition coefficient (Wildman–Crippen LogP) is 3.57. The van der Waals surface area contributed by atoms with Gasteiger partial charge in [0.1, 0.15) is 0 Å². The molecule has 1 aromatic rings. The maximum absolute atomic E-state index is 12.1. The van der Waals surface area contributed by atoms with E-state index in [-0.39, 0.29) is 5.91 Å². The van der Waals surface area contributed by atoms with Crippen LogP contribution < -0.4 is 0 Å². The van der Waals surface area contributed by atoms with Crippen LogP contribution in [0.15, 0.2) is 18.2 Å². The molecule has 1 aliphatic rings. The Balaban J connectivity index is 2.16. The largest absolute Gasteiger partial charge is 0.339 e. The number of carbonyl (C=O) groups is 1. The molecule has 1 aromatic carbocycles. The van der Waals surface area contributed by atoms with Crippen molar-refractivity contribution >= 4 is 40.1 Å². The molecule has 2 rings (SSSR count). The third-order valence-corrected chi connectivity index (χ3v) is 4.68. The Bertz CT molecular complexity index is 417. The van der Waals surface area contributed by atoms with Crippen molar-refractivity contribution in [2.75, 3.05) is 7.05 Å². The van der Waals surface area contributed by atoms with Crippen LogP contribution in [0.3, 0.4) is 0 Å². The Labute approximate surface area is 114 Å². The molecule has 4 heteroatoms. The summed E-state index contributed by atoms with van der Waals surface area (Å²) in [6.45, 7) is 0. The molecule has 0 saturated heterocycles. The zero-order valence-electron chi connectivity index (χ0n) is 9.04. The van der Waals surface area contributed by atoms with E-state index in [2.05, 4.69) is 22.6 Å². The van der Waals surface area contributed by atoms with E-state index in [4.69, 9.17) is 11.6 Å². The standard InChI is InChI=1S/C12H13ClINO/c1-15(9-3-2-4-9)12(16)8-5-6-11(14)10(13)7-8/h5-7,9H,2-4H2,1H3. The van der Waals surface area contributed by atoms with Crippen molar-refractivity contribution in [2.45, 2.75) is 25.3 Å². The van der Waals surface area contributed by atoms with Gasteiger partial charge in [-0.1, -0.05) is 11.6 Å². The molecular weight excluding hydrogens is 336 g/mol. The summed E-state index contributed by atoms with van der Waals surface area (Å²) >= 11 is 8.17. The van der Waals surface area contributed by atoms with Crippen LogP contribution in [0.1, 0.15) is 29.6 Å². The van der Waals surface area contributed by atoms with Gasteiger partial charge in [0, 0.05) is 22.2 Å². The van der Waals surface area contributed by atoms with Gasteiger partial charge >= 0.3 is 0 Å². The van der Waals surface area contributed by atoms with Crippen molar-refractivity contribution in [1.29, 1.82) is 0 Å². The van der Waals surface area contributed by atoms with Crippen molar-refractivity contribution in [3.8, 4) is 0 Å². The van der Waals surface area contributed by atoms with E-state index in [1.54, 1.807) is 6.07 Å². The van der Waals surface area contributed by atoms with Crippen molar-refractivity contribution in [2.24, 2.45) is 0 Å². The highest BCUT2D eigenvalue weighted by Crippen LogP contribution is 2.26. The lowest BCUT2D eigenvalue weighted by molar-refractivity contribution is 0.0652. The van der Waals surface area contributed by atoms with Crippen LogP contribution in [0, 0.1) is 3.57 Å². The van der Waals surface area contributed by atoms with Gasteiger partial charge in [-0.25, -0.2) is 0 Å². The molecule has 2 nitrogen and oxygen atoms in total. The number of hydrogen-bond acceptors (Lipinski definition) is 1. The average Bonchev–Trinajstić information content (AvgIpc) is 2.18. The van der Waals surface area contributed by atoms with Gasteiger partial charge in [-0.2, -0.15) is 0 Å². The minimum atomic E-state index is 0.0722. The van der Waals surface area contributed by atoms with E-state index < -0.39 is 0 Å². The van der Waals surface area contributed by atoms with Crippen molar-refractivity contribution in [1.82, 2.24) is 4.90 Å². The lowest BCUT2D eigenvalue weighted by Gasteiger charge is -2.34. The fourth-order valence-corrected chi connectivity index (χ4v) is 2.29. The van der Waals surface area contributed by atoms with Crippen LogP contribution in [0.5, 0.6) is 0 Å². The molecule has 0 unspecified atom stereocenters. The van der Waals surface area contributed by atoms with E-state index in [1.807, 2.05) is 24.1 Å². The third-order valence-electron chi connectivity index (χ3n) is 3.11. The molecular formula is C12H13ClINO. The SMILES string of the molecule is CN(C(=O)c1ccc(I)c(Cl)c1)C1CCC1. The molecule has 1 fully saturated rings. The number of rotatable bonds is 2. The maximum Gasteiger partial charge on any atom is 0.253 e. The Morgan fingerprint density at radius 1 is 1.50 bits per heavy atom. The van der Waals surface area contributed by atoms with Crippen LogP contribution in [0.2, 0.25) is 5.02 Å². The molecule has 0 aromatic heterocycles. The van der Waals surface area contributed by atoms with E-state index in [9.17, 15) is 4.79 Å². The molecule has 86 valence electrons. The van der Waals surface area contributed by atoms with Crippen LogP contribution in [-0.4, -0.2) is 23.9 Å². The van der Waals surface area contributed by atoms with E-state index in [0.29, 0.717) is 16.6 Å². The summed E-state index contributed by atoms with van der Waals surface area (Å²) in [5.74, 6) is 0.0722. The fourth-order valence-electron chi connectivity index (χ4n) is 1.77. The van der Waals surface area contributed by atoms with Gasteiger partial charge in [-0.05, 0) is 60.1 Å². The topological polar surface area (TPSA) is 20.3 Å². The molecule has 1 saturated carbocycles. The van der Waals surface area contributed by atoms with Gasteiger partial charge in [0.05, 0.1) is 5.02 Å². The average molecular weight is 350 g/mol. The van der Waals surface area contributed by atoms with Crippen LogP contribution >= 0.6 is 34.2 Å². The van der Waals surface area contributed by atoms with Crippen LogP contribution in [-0.2, 0) is 0 Å². The Morgan fingerprint density at radius 3 is 2.69 bits per heavy atom. The number of halogens is 2. The first-order valence-corrected chi connectivity index (χ1v) is 6.77. The molecule has 0 heterocycles. The minimum absolute atomic E-state index is 0.0722. The second-order valence-electron chi connectivity index (χ2n) is 4.13. The molecule has 0 bridgehead atoms. The molecule has 1 amide bonds. The first-order chi connectivity index (χ1) is 7.59. The second-order valence-corrected chi connectivity index (χ2v) is 5.70. The predicted molar refractivity (Wildman–Crippen MR) is 73.9 cm³/mol. The van der Waals surface area contributed by atoms with Crippen LogP contribution in [0.25, 0.3) is 0 Å². The fraction of sp³-hybridized carbons (Fsp3) is 0.417. The lowest BCUT2D eigenvalue weighted by Crippen LogP contribution is -2.41. The van der Waals surface area contributed by atoms with Gasteiger partial charge in [-0.3, -0.25) is 4.79 Å². The highest BCUT2D eigenvalue weighted by molar-refractivity contribution is 14.1. The number of nitrogens with zero attached hydrogens (tertiary/aromatic N) is 1. The second kappa shape index (κ2) is 4.92. The van der Waals surface area contributed by atoms with Crippen molar-refractivity contribution in [3.05, 3.63) is 32.4 Å². The van der Waals surface area contributed by atoms with Gasteiger partial charge in [0.15, 0.2) is 0 Å². The number of hydrogen-bond donors (Lipinski definition) is 0. The summed E-state index contributed by atoms with van der Waals surface area (Å²) < 4.78 is 0.974. The Kier molecular flexibility index (Phi) is 3.74. The highest BCUT2D eigenvalue weighted by Gasteiger charge is 2.26. The van der Waals surface area contributed by atoms with Crippen molar-refractivity contribution < 1.29 is 4.79 Å². The quantitative estimate of drug-likeness (QED) is 0.748. The lowest BCUT2D eigenvalue weighted by atomic mass is 9.91. The number of benzene rings is 1. The number of carbonyl (C=O) groups excluding carboxylic acids is 1. The molecule has 0 N–H and O–H groups in total. The van der Waals surface area contributed by atoms with Gasteiger partial charge < -0.3 is 4.90 Å². The summed E-state index contributed by atoms with van der Waals surface area (Å²) in [4.78, 5) is 13.9. The zero-order chi connectivity index (χ0) is 11.7. The molecule has 16 heavy (non-hydrogen) atoms. The van der Waals surface area contributed by atoms with Crippen molar-refractivity contribution in [3.63, 3.8) is 0 Å². The summed E-state index contributed by atoms with van der Waals surface area (Å²) in [6.07, 6.45) is 3.48. The van der Waals surface area contributed by atoms with E-state index in [0.717, 1.165) is 16.4 Å². The van der Waals surface area contributed by atoms with Gasteiger partial charge in [0.2, 0.25) is 0 Å². The summed E-state index contributed by atoms with van der Waals surface area (Å²) in [5, 5.41) is 0.647. The molecule has 0 aliphatic heterocycles. The minimum Gasteiger partial charge on any atom is -0.339 e. The molecule has 0 atom stereocenters. The van der Waals surface area contributed by atoms with E-state index >= 15 is 0 Å². The van der Waals surface area contributed by atoms with E-state index in [1.165, 1.54) is 6.42 Å². The summed E-state index contributed by atoms with van der Waals surface area (Å²) in [7, 11) is 1.87. The first kappa shape index (κ1) is 12.2. The zero-order valence-corrected chi connectivity index (χ0v) is 12.0. The highest BCUT2D eigenvalue weighted by atomic mass is 127. The van der Waals surface area contributed by atoms with Crippen LogP contribution in [0.4, 0.5) is 0 Å². The molecule has 1 aliphatic carbocycles. The monoisotopic (exact) mass is 349 g/mol. The summed E-state index contributed by atoms with van der Waals surface area (Å²) in [5.41, 5.74) is 0.680. The van der Waals surface area contributed by atoms with Gasteiger partial charge in [0.25, 0.3) is 5.91 Å². The normalized spacial score (nSPS) is 15.7. The maximum atomic E-state index is 12.1. The Morgan fingerprint density at radius 2 is 2.19 bits per heavy atom. The third kappa shape index (κ3) is 2.35. The first-order valence-electron chi connectivity index (χ1n) is 5.32. The molecule has 0 radical (unpaired) electrons. The summed E-state index contributed by atoms with van der Waals surface area (Å²) in [6, 6.07) is 5.89. The Hall–Kier alpha value is -0.290.